The lowest BCUT2D eigenvalue weighted by Gasteiger charge is -1.97. The predicted octanol–water partition coefficient (Wildman–Crippen LogP) is 0.477. The largest absolute Gasteiger partial charge is 0.260 e. The van der Waals surface area contributed by atoms with Gasteiger partial charge in [0, 0.05) is 50.9 Å². The van der Waals surface area contributed by atoms with Crippen molar-refractivity contribution >= 4 is 33.4 Å². The average Bonchev–Trinajstić information content (AvgIpc) is 1.97. The Labute approximate surface area is 77.4 Å². The first-order valence-corrected chi connectivity index (χ1v) is 7.91. The molecule has 0 amide bonds. The summed E-state index contributed by atoms with van der Waals surface area (Å²) < 4.78 is 21.7. The van der Waals surface area contributed by atoms with Crippen molar-refractivity contribution in [3.8, 4) is 0 Å². The van der Waals surface area contributed by atoms with Crippen molar-refractivity contribution in [3.05, 3.63) is 0 Å². The lowest BCUT2D eigenvalue weighted by atomic mass is 10.9. The molecular weight excluding hydrogens is 200 g/mol. The molecule has 5 heteroatoms. The molecule has 0 aromatic carbocycles. The molecule has 2 unspecified atom stereocenters. The van der Waals surface area contributed by atoms with Crippen LogP contribution in [0.2, 0.25) is 0 Å². The Balaban J connectivity index is 3.30. The molecule has 11 heavy (non-hydrogen) atoms. The average molecular weight is 214 g/mol. The summed E-state index contributed by atoms with van der Waals surface area (Å²) in [5, 5.41) is 0. The monoisotopic (exact) mass is 214 g/mol. The maximum atomic E-state index is 11.1. The summed E-state index contributed by atoms with van der Waals surface area (Å²) in [6, 6.07) is 0. The van der Waals surface area contributed by atoms with Crippen LogP contribution in [0.3, 0.4) is 0 Å². The standard InChI is InChI=1S/C6H14O2S3/c1-9-3-4-11(8)6-5-10(2)7/h3-6H2,1-2H3. The summed E-state index contributed by atoms with van der Waals surface area (Å²) in [7, 11) is -1.55. The van der Waals surface area contributed by atoms with Gasteiger partial charge in [-0.1, -0.05) is 0 Å². The first kappa shape index (κ1) is 11.6. The summed E-state index contributed by atoms with van der Waals surface area (Å²) in [5.41, 5.74) is 0. The second-order valence-electron chi connectivity index (χ2n) is 2.12. The topological polar surface area (TPSA) is 34.1 Å². The minimum atomic E-state index is -0.792. The van der Waals surface area contributed by atoms with E-state index in [1.54, 1.807) is 18.0 Å². The highest BCUT2D eigenvalue weighted by Gasteiger charge is 1.99. The van der Waals surface area contributed by atoms with Crippen LogP contribution in [0.4, 0.5) is 0 Å². The van der Waals surface area contributed by atoms with Gasteiger partial charge in [0.25, 0.3) is 0 Å². The molecule has 2 atom stereocenters. The number of rotatable bonds is 6. The molecule has 0 aromatic heterocycles. The highest BCUT2D eigenvalue weighted by atomic mass is 32.2. The van der Waals surface area contributed by atoms with Crippen molar-refractivity contribution < 1.29 is 8.42 Å². The summed E-state index contributed by atoms with van der Waals surface area (Å²) in [4.78, 5) is 0. The van der Waals surface area contributed by atoms with E-state index in [0.717, 1.165) is 11.5 Å². The Morgan fingerprint density at radius 2 is 1.82 bits per heavy atom. The van der Waals surface area contributed by atoms with Crippen molar-refractivity contribution in [2.75, 3.05) is 35.5 Å². The van der Waals surface area contributed by atoms with Crippen LogP contribution in [-0.2, 0) is 21.6 Å². The maximum absolute atomic E-state index is 11.1. The van der Waals surface area contributed by atoms with Crippen LogP contribution in [0.15, 0.2) is 0 Å². The molecule has 0 aliphatic rings. The fraction of sp³-hybridized carbons (Fsp3) is 1.00. The van der Waals surface area contributed by atoms with Crippen molar-refractivity contribution in [2.24, 2.45) is 0 Å². The van der Waals surface area contributed by atoms with E-state index in [9.17, 15) is 8.42 Å². The number of hydrogen-bond donors (Lipinski definition) is 0. The van der Waals surface area contributed by atoms with Crippen molar-refractivity contribution in [1.82, 2.24) is 0 Å². The van der Waals surface area contributed by atoms with Crippen LogP contribution in [0.5, 0.6) is 0 Å². The lowest BCUT2D eigenvalue weighted by Crippen LogP contribution is -2.10. The second-order valence-corrected chi connectivity index (χ2v) is 6.35. The SMILES string of the molecule is CSCCS(=O)CCS(C)=O. The maximum Gasteiger partial charge on any atom is 0.0350 e. The fourth-order valence-corrected chi connectivity index (χ4v) is 3.79. The summed E-state index contributed by atoms with van der Waals surface area (Å²) in [5.74, 6) is 2.83. The Morgan fingerprint density at radius 3 is 2.27 bits per heavy atom. The molecule has 0 heterocycles. The van der Waals surface area contributed by atoms with Gasteiger partial charge < -0.3 is 0 Å². The zero-order valence-corrected chi connectivity index (χ0v) is 9.32. The molecule has 0 N–H and O–H groups in total. The molecule has 0 aliphatic carbocycles. The van der Waals surface area contributed by atoms with E-state index in [-0.39, 0.29) is 0 Å². The van der Waals surface area contributed by atoms with Gasteiger partial charge in [-0.05, 0) is 6.26 Å². The summed E-state index contributed by atoms with van der Waals surface area (Å²) in [6.07, 6.45) is 3.64. The zero-order valence-electron chi connectivity index (χ0n) is 6.87. The summed E-state index contributed by atoms with van der Waals surface area (Å²) >= 11 is 1.70. The quantitative estimate of drug-likeness (QED) is 0.645. The van der Waals surface area contributed by atoms with E-state index >= 15 is 0 Å². The first-order valence-electron chi connectivity index (χ1n) is 3.30. The van der Waals surface area contributed by atoms with Crippen LogP contribution < -0.4 is 0 Å². The van der Waals surface area contributed by atoms with Gasteiger partial charge in [0.05, 0.1) is 0 Å². The smallest absolute Gasteiger partial charge is 0.0350 e. The van der Waals surface area contributed by atoms with E-state index in [0.29, 0.717) is 11.5 Å². The van der Waals surface area contributed by atoms with Gasteiger partial charge in [-0.3, -0.25) is 8.42 Å². The van der Waals surface area contributed by atoms with Gasteiger partial charge in [0.15, 0.2) is 0 Å². The second kappa shape index (κ2) is 7.31. The molecule has 0 fully saturated rings. The normalized spacial score (nSPS) is 16.2. The van der Waals surface area contributed by atoms with Crippen molar-refractivity contribution in [3.63, 3.8) is 0 Å². The third-order valence-corrected chi connectivity index (χ3v) is 4.34. The summed E-state index contributed by atoms with van der Waals surface area (Å²) in [6.45, 7) is 0. The third kappa shape index (κ3) is 8.56. The lowest BCUT2D eigenvalue weighted by molar-refractivity contribution is 0.680. The van der Waals surface area contributed by atoms with E-state index < -0.39 is 21.6 Å². The highest BCUT2D eigenvalue weighted by Crippen LogP contribution is 1.93. The minimum absolute atomic E-state index is 0.570. The van der Waals surface area contributed by atoms with Crippen molar-refractivity contribution in [1.29, 1.82) is 0 Å². The molecule has 0 bridgehead atoms. The molecule has 0 rings (SSSR count). The van der Waals surface area contributed by atoms with Crippen molar-refractivity contribution in [2.45, 2.75) is 0 Å². The number of thioether (sulfide) groups is 1. The number of hydrogen-bond acceptors (Lipinski definition) is 3. The van der Waals surface area contributed by atoms with Crippen LogP contribution in [0, 0.1) is 0 Å². The Kier molecular flexibility index (Phi) is 7.74. The zero-order chi connectivity index (χ0) is 8.69. The first-order chi connectivity index (χ1) is 5.16. The van der Waals surface area contributed by atoms with E-state index in [1.807, 2.05) is 6.26 Å². The van der Waals surface area contributed by atoms with Crippen LogP contribution >= 0.6 is 11.8 Å². The predicted molar refractivity (Wildman–Crippen MR) is 55.2 cm³/mol. The van der Waals surface area contributed by atoms with Crippen LogP contribution in [0.25, 0.3) is 0 Å². The molecule has 68 valence electrons. The highest BCUT2D eigenvalue weighted by molar-refractivity contribution is 7.99. The van der Waals surface area contributed by atoms with Gasteiger partial charge >= 0.3 is 0 Å². The van der Waals surface area contributed by atoms with Crippen LogP contribution in [-0.4, -0.2) is 43.9 Å². The van der Waals surface area contributed by atoms with Gasteiger partial charge in [-0.25, -0.2) is 0 Å². The van der Waals surface area contributed by atoms with Gasteiger partial charge in [-0.15, -0.1) is 0 Å². The van der Waals surface area contributed by atoms with Gasteiger partial charge in [0.2, 0.25) is 0 Å². The molecule has 2 nitrogen and oxygen atoms in total. The Bertz CT molecular complexity index is 147. The van der Waals surface area contributed by atoms with E-state index in [2.05, 4.69) is 0 Å². The molecule has 0 radical (unpaired) electrons. The Hall–Kier alpha value is 0.650. The third-order valence-electron chi connectivity index (χ3n) is 1.11. The Morgan fingerprint density at radius 1 is 1.18 bits per heavy atom. The van der Waals surface area contributed by atoms with E-state index in [1.165, 1.54) is 0 Å². The molecule has 0 saturated heterocycles. The molecule has 0 saturated carbocycles. The van der Waals surface area contributed by atoms with Gasteiger partial charge in [0.1, 0.15) is 0 Å². The van der Waals surface area contributed by atoms with Crippen LogP contribution in [0.1, 0.15) is 0 Å². The fourth-order valence-electron chi connectivity index (χ4n) is 0.489. The molecular formula is C6H14O2S3. The molecule has 0 aromatic rings. The minimum Gasteiger partial charge on any atom is -0.260 e. The molecule has 0 aliphatic heterocycles. The van der Waals surface area contributed by atoms with Gasteiger partial charge in [-0.2, -0.15) is 11.8 Å². The van der Waals surface area contributed by atoms with E-state index in [4.69, 9.17) is 0 Å². The molecule has 0 spiro atoms.